The first kappa shape index (κ1) is 12.9. The van der Waals surface area contributed by atoms with Crippen LogP contribution in [0, 0.1) is 0 Å². The molecular weight excluding hydrogens is 280 g/mol. The van der Waals surface area contributed by atoms with Gasteiger partial charge in [0.25, 0.3) is 0 Å². The quantitative estimate of drug-likeness (QED) is 0.872. The van der Waals surface area contributed by atoms with Crippen molar-refractivity contribution >= 4 is 21.6 Å². The van der Waals surface area contributed by atoms with Gasteiger partial charge in [-0.3, -0.25) is 4.90 Å². The maximum atomic E-state index is 5.78. The minimum atomic E-state index is 0.449. The molecule has 0 bridgehead atoms. The third-order valence-electron chi connectivity index (χ3n) is 3.34. The van der Waals surface area contributed by atoms with Crippen LogP contribution in [0.3, 0.4) is 0 Å². The molecule has 0 aliphatic carbocycles. The summed E-state index contributed by atoms with van der Waals surface area (Å²) in [6.07, 6.45) is 2.71. The Bertz CT molecular complexity index is 376. The molecule has 0 saturated carbocycles. The first-order valence-electron chi connectivity index (χ1n) is 5.98. The van der Waals surface area contributed by atoms with Crippen LogP contribution >= 0.6 is 15.9 Å². The summed E-state index contributed by atoms with van der Waals surface area (Å²) < 4.78 is 6.36. The van der Waals surface area contributed by atoms with E-state index in [2.05, 4.69) is 33.0 Å². The fraction of sp³-hybridized carbons (Fsp3) is 0.538. The van der Waals surface area contributed by atoms with E-state index in [-0.39, 0.29) is 0 Å². The van der Waals surface area contributed by atoms with Crippen molar-refractivity contribution in [2.24, 2.45) is 0 Å². The van der Waals surface area contributed by atoms with Gasteiger partial charge >= 0.3 is 0 Å². The molecule has 1 aromatic rings. The number of rotatable bonds is 3. The minimum Gasteiger partial charge on any atom is -0.398 e. The summed E-state index contributed by atoms with van der Waals surface area (Å²) in [4.78, 5) is 2.47. The van der Waals surface area contributed by atoms with Crippen molar-refractivity contribution in [1.82, 2.24) is 4.90 Å². The third kappa shape index (κ3) is 3.44. The van der Waals surface area contributed by atoms with Gasteiger partial charge in [-0.1, -0.05) is 6.07 Å². The maximum absolute atomic E-state index is 5.78. The molecule has 3 nitrogen and oxygen atoms in total. The number of anilines is 1. The molecule has 1 aliphatic heterocycles. The average molecular weight is 299 g/mol. The van der Waals surface area contributed by atoms with E-state index in [4.69, 9.17) is 10.5 Å². The van der Waals surface area contributed by atoms with Gasteiger partial charge in [0.05, 0.1) is 6.10 Å². The first-order valence-corrected chi connectivity index (χ1v) is 6.77. The number of piperidine rings is 1. The lowest BCUT2D eigenvalue weighted by atomic mass is 10.1. The fourth-order valence-corrected chi connectivity index (χ4v) is 2.66. The van der Waals surface area contributed by atoms with E-state index in [0.29, 0.717) is 6.10 Å². The number of hydrogen-bond donors (Lipinski definition) is 1. The van der Waals surface area contributed by atoms with Crippen molar-refractivity contribution in [2.75, 3.05) is 25.9 Å². The van der Waals surface area contributed by atoms with Crippen LogP contribution in [0.4, 0.5) is 5.69 Å². The zero-order valence-corrected chi connectivity index (χ0v) is 11.7. The standard InChI is InChI=1S/C13H19BrN2O/c1-17-11-4-6-16(7-5-11)9-10-2-3-13(15)12(14)8-10/h2-3,8,11H,4-7,9,15H2,1H3. The van der Waals surface area contributed by atoms with Gasteiger partial charge in [-0.25, -0.2) is 0 Å². The number of halogens is 1. The predicted molar refractivity (Wildman–Crippen MR) is 73.9 cm³/mol. The van der Waals surface area contributed by atoms with Crippen LogP contribution in [0.2, 0.25) is 0 Å². The highest BCUT2D eigenvalue weighted by atomic mass is 79.9. The van der Waals surface area contributed by atoms with Gasteiger partial charge in [-0.05, 0) is 46.5 Å². The zero-order chi connectivity index (χ0) is 12.3. The molecule has 1 saturated heterocycles. The van der Waals surface area contributed by atoms with Crippen molar-refractivity contribution in [1.29, 1.82) is 0 Å². The van der Waals surface area contributed by atoms with Crippen LogP contribution in [0.5, 0.6) is 0 Å². The predicted octanol–water partition coefficient (Wildman–Crippen LogP) is 2.64. The smallest absolute Gasteiger partial charge is 0.0595 e. The summed E-state index contributed by atoms with van der Waals surface area (Å²) in [6.45, 7) is 3.22. The summed E-state index contributed by atoms with van der Waals surface area (Å²) in [6, 6.07) is 6.17. The van der Waals surface area contributed by atoms with Crippen LogP contribution in [-0.2, 0) is 11.3 Å². The lowest BCUT2D eigenvalue weighted by Gasteiger charge is -2.31. The van der Waals surface area contributed by atoms with Crippen LogP contribution in [-0.4, -0.2) is 31.2 Å². The van der Waals surface area contributed by atoms with Crippen molar-refractivity contribution in [3.63, 3.8) is 0 Å². The Morgan fingerprint density at radius 3 is 2.71 bits per heavy atom. The molecule has 1 heterocycles. The van der Waals surface area contributed by atoms with Gasteiger partial charge < -0.3 is 10.5 Å². The van der Waals surface area contributed by atoms with E-state index in [1.165, 1.54) is 5.56 Å². The molecule has 0 radical (unpaired) electrons. The molecule has 1 aliphatic rings. The maximum Gasteiger partial charge on any atom is 0.0595 e. The summed E-state index contributed by atoms with van der Waals surface area (Å²) in [5.74, 6) is 0. The second kappa shape index (κ2) is 5.85. The second-order valence-corrected chi connectivity index (χ2v) is 5.42. The number of benzene rings is 1. The molecule has 2 N–H and O–H groups in total. The number of likely N-dealkylation sites (tertiary alicyclic amines) is 1. The van der Waals surface area contributed by atoms with Gasteiger partial charge in [0, 0.05) is 36.9 Å². The van der Waals surface area contributed by atoms with Gasteiger partial charge in [-0.15, -0.1) is 0 Å². The van der Waals surface area contributed by atoms with Crippen molar-refractivity contribution < 1.29 is 4.74 Å². The van der Waals surface area contributed by atoms with Gasteiger partial charge in [0.1, 0.15) is 0 Å². The SMILES string of the molecule is COC1CCN(Cc2ccc(N)c(Br)c2)CC1. The molecule has 0 atom stereocenters. The van der Waals surface area contributed by atoms with E-state index in [0.717, 1.165) is 42.6 Å². The Morgan fingerprint density at radius 1 is 1.41 bits per heavy atom. The normalized spacial score (nSPS) is 18.5. The number of ether oxygens (including phenoxy) is 1. The van der Waals surface area contributed by atoms with Gasteiger partial charge in [0.2, 0.25) is 0 Å². The average Bonchev–Trinajstić information content (AvgIpc) is 2.35. The van der Waals surface area contributed by atoms with Crippen molar-refractivity contribution in [2.45, 2.75) is 25.5 Å². The van der Waals surface area contributed by atoms with E-state index in [9.17, 15) is 0 Å². The second-order valence-electron chi connectivity index (χ2n) is 4.57. The number of methoxy groups -OCH3 is 1. The Morgan fingerprint density at radius 2 is 2.12 bits per heavy atom. The van der Waals surface area contributed by atoms with Crippen molar-refractivity contribution in [3.8, 4) is 0 Å². The molecule has 2 rings (SSSR count). The van der Waals surface area contributed by atoms with Gasteiger partial charge in [0.15, 0.2) is 0 Å². The number of nitrogens with two attached hydrogens (primary N) is 1. The van der Waals surface area contributed by atoms with E-state index in [1.807, 2.05) is 6.07 Å². The molecule has 4 heteroatoms. The van der Waals surface area contributed by atoms with Crippen LogP contribution < -0.4 is 5.73 Å². The summed E-state index contributed by atoms with van der Waals surface area (Å²) in [7, 11) is 1.80. The number of nitrogen functional groups attached to an aromatic ring is 1. The molecule has 1 aromatic carbocycles. The molecule has 1 fully saturated rings. The topological polar surface area (TPSA) is 38.5 Å². The third-order valence-corrected chi connectivity index (χ3v) is 4.03. The van der Waals surface area contributed by atoms with Crippen LogP contribution in [0.15, 0.2) is 22.7 Å². The molecular formula is C13H19BrN2O. The number of nitrogens with zero attached hydrogens (tertiary/aromatic N) is 1. The van der Waals surface area contributed by atoms with Crippen LogP contribution in [0.25, 0.3) is 0 Å². The monoisotopic (exact) mass is 298 g/mol. The lowest BCUT2D eigenvalue weighted by Crippen LogP contribution is -2.36. The zero-order valence-electron chi connectivity index (χ0n) is 10.2. The number of hydrogen-bond acceptors (Lipinski definition) is 3. The fourth-order valence-electron chi connectivity index (χ4n) is 2.23. The summed E-state index contributed by atoms with van der Waals surface area (Å²) in [5.41, 5.74) is 7.89. The molecule has 17 heavy (non-hydrogen) atoms. The molecule has 0 spiro atoms. The minimum absolute atomic E-state index is 0.449. The summed E-state index contributed by atoms with van der Waals surface area (Å²) >= 11 is 3.47. The van der Waals surface area contributed by atoms with Crippen molar-refractivity contribution in [3.05, 3.63) is 28.2 Å². The largest absolute Gasteiger partial charge is 0.398 e. The summed E-state index contributed by atoms with van der Waals surface area (Å²) in [5, 5.41) is 0. The van der Waals surface area contributed by atoms with Gasteiger partial charge in [-0.2, -0.15) is 0 Å². The molecule has 0 amide bonds. The van der Waals surface area contributed by atoms with E-state index < -0.39 is 0 Å². The highest BCUT2D eigenvalue weighted by Crippen LogP contribution is 2.22. The Hall–Kier alpha value is -0.580. The lowest BCUT2D eigenvalue weighted by molar-refractivity contribution is 0.0388. The highest BCUT2D eigenvalue weighted by Gasteiger charge is 2.18. The highest BCUT2D eigenvalue weighted by molar-refractivity contribution is 9.10. The van der Waals surface area contributed by atoms with E-state index >= 15 is 0 Å². The molecule has 0 aromatic heterocycles. The Balaban J connectivity index is 1.91. The van der Waals surface area contributed by atoms with E-state index in [1.54, 1.807) is 7.11 Å². The van der Waals surface area contributed by atoms with Crippen LogP contribution in [0.1, 0.15) is 18.4 Å². The molecule has 94 valence electrons. The Kier molecular flexibility index (Phi) is 4.42. The molecule has 0 unspecified atom stereocenters. The Labute approximate surface area is 111 Å². The first-order chi connectivity index (χ1) is 8.19.